The van der Waals surface area contributed by atoms with Gasteiger partial charge in [0.1, 0.15) is 18.0 Å². The fourth-order valence-electron chi connectivity index (χ4n) is 4.60. The molecule has 1 aliphatic carbocycles. The van der Waals surface area contributed by atoms with Gasteiger partial charge in [-0.05, 0) is 50.5 Å². The largest absolute Gasteiger partial charge is 0.469 e. The minimum atomic E-state index is -0.887. The van der Waals surface area contributed by atoms with Crippen molar-refractivity contribution in [1.82, 2.24) is 0 Å². The first-order valence-electron chi connectivity index (χ1n) is 10.4. The van der Waals surface area contributed by atoms with Gasteiger partial charge in [-0.15, -0.1) is 0 Å². The van der Waals surface area contributed by atoms with Crippen LogP contribution in [-0.4, -0.2) is 31.1 Å². The van der Waals surface area contributed by atoms with E-state index in [1.54, 1.807) is 0 Å². The van der Waals surface area contributed by atoms with Crippen LogP contribution in [0.25, 0.3) is 0 Å². The number of esters is 1. The molecule has 2 heterocycles. The standard InChI is InChI=1S/C21H33FO4/c1-3-4-7-15(22)12-19(26-21-8-5-6-11-24-21)14(2)16-9-10-18-17(16)13-20(23)25-18/h15-18,21H,3-13H2,1-2H3. The lowest BCUT2D eigenvalue weighted by atomic mass is 9.86. The molecule has 2 aliphatic heterocycles. The van der Waals surface area contributed by atoms with E-state index in [0.29, 0.717) is 25.9 Å². The van der Waals surface area contributed by atoms with E-state index in [0.717, 1.165) is 56.3 Å². The lowest BCUT2D eigenvalue weighted by molar-refractivity contribution is -0.142. The average Bonchev–Trinajstić information content (AvgIpc) is 3.18. The summed E-state index contributed by atoms with van der Waals surface area (Å²) in [6, 6.07) is 0. The van der Waals surface area contributed by atoms with Gasteiger partial charge in [0.2, 0.25) is 0 Å². The molecule has 5 heteroatoms. The molecular weight excluding hydrogens is 335 g/mol. The van der Waals surface area contributed by atoms with Crippen molar-refractivity contribution >= 4 is 5.97 Å². The van der Waals surface area contributed by atoms with E-state index < -0.39 is 6.17 Å². The Balaban J connectivity index is 1.73. The van der Waals surface area contributed by atoms with Crippen molar-refractivity contribution in [2.24, 2.45) is 11.8 Å². The van der Waals surface area contributed by atoms with Crippen LogP contribution in [0.3, 0.4) is 0 Å². The van der Waals surface area contributed by atoms with E-state index in [1.807, 2.05) is 0 Å². The number of carbonyl (C=O) groups is 1. The van der Waals surface area contributed by atoms with Crippen LogP contribution in [0, 0.1) is 11.8 Å². The van der Waals surface area contributed by atoms with Gasteiger partial charge >= 0.3 is 5.97 Å². The Hall–Kier alpha value is -1.10. The molecule has 0 aromatic rings. The highest BCUT2D eigenvalue weighted by atomic mass is 19.1. The SMILES string of the molecule is CCCCC(F)CC(OC1CCCCO1)=C(C)C1CCC2OC(=O)CC21. The summed E-state index contributed by atoms with van der Waals surface area (Å²) in [5.41, 5.74) is 1.10. The van der Waals surface area contributed by atoms with Gasteiger partial charge in [-0.3, -0.25) is 4.79 Å². The predicted octanol–water partition coefficient (Wildman–Crippen LogP) is 5.06. The van der Waals surface area contributed by atoms with E-state index in [2.05, 4.69) is 13.8 Å². The summed E-state index contributed by atoms with van der Waals surface area (Å²) in [6.45, 7) is 4.85. The molecule has 0 bridgehead atoms. The molecule has 0 N–H and O–H groups in total. The van der Waals surface area contributed by atoms with Crippen molar-refractivity contribution in [1.29, 1.82) is 0 Å². The topological polar surface area (TPSA) is 44.8 Å². The van der Waals surface area contributed by atoms with Gasteiger partial charge in [-0.2, -0.15) is 0 Å². The third kappa shape index (κ3) is 4.79. The smallest absolute Gasteiger partial charge is 0.306 e. The maximum atomic E-state index is 14.5. The summed E-state index contributed by atoms with van der Waals surface area (Å²) < 4.78 is 31.9. The van der Waals surface area contributed by atoms with Crippen LogP contribution in [0.5, 0.6) is 0 Å². The molecule has 3 aliphatic rings. The van der Waals surface area contributed by atoms with Crippen LogP contribution in [0.2, 0.25) is 0 Å². The lowest BCUT2D eigenvalue weighted by Gasteiger charge is -2.28. The third-order valence-corrected chi connectivity index (χ3v) is 6.13. The van der Waals surface area contributed by atoms with Crippen molar-refractivity contribution in [2.45, 2.75) is 96.6 Å². The van der Waals surface area contributed by atoms with Crippen molar-refractivity contribution in [2.75, 3.05) is 6.61 Å². The molecule has 0 aromatic carbocycles. The normalized spacial score (nSPS) is 33.4. The van der Waals surface area contributed by atoms with Gasteiger partial charge in [0.05, 0.1) is 13.0 Å². The summed E-state index contributed by atoms with van der Waals surface area (Å²) in [7, 11) is 0. The number of hydrogen-bond acceptors (Lipinski definition) is 4. The summed E-state index contributed by atoms with van der Waals surface area (Å²) in [6.07, 6.45) is 7.04. The predicted molar refractivity (Wildman–Crippen MR) is 97.1 cm³/mol. The van der Waals surface area contributed by atoms with Gasteiger partial charge < -0.3 is 14.2 Å². The zero-order valence-corrected chi connectivity index (χ0v) is 16.2. The second-order valence-corrected chi connectivity index (χ2v) is 8.04. The Kier molecular flexibility index (Phi) is 6.96. The quantitative estimate of drug-likeness (QED) is 0.443. The Morgan fingerprint density at radius 2 is 2.15 bits per heavy atom. The summed E-state index contributed by atoms with van der Waals surface area (Å²) in [4.78, 5) is 11.7. The van der Waals surface area contributed by atoms with Crippen molar-refractivity contribution in [3.05, 3.63) is 11.3 Å². The second kappa shape index (κ2) is 9.20. The zero-order valence-electron chi connectivity index (χ0n) is 16.2. The third-order valence-electron chi connectivity index (χ3n) is 6.13. The van der Waals surface area contributed by atoms with Crippen molar-refractivity contribution in [3.8, 4) is 0 Å². The molecule has 3 fully saturated rings. The number of rotatable bonds is 8. The van der Waals surface area contributed by atoms with Crippen LogP contribution >= 0.6 is 0 Å². The van der Waals surface area contributed by atoms with Gasteiger partial charge in [0.25, 0.3) is 0 Å². The van der Waals surface area contributed by atoms with E-state index >= 15 is 0 Å². The highest BCUT2D eigenvalue weighted by Crippen LogP contribution is 2.45. The molecule has 0 amide bonds. The first-order chi connectivity index (χ1) is 12.6. The molecule has 5 atom stereocenters. The Morgan fingerprint density at radius 1 is 1.31 bits per heavy atom. The number of halogens is 1. The first-order valence-corrected chi connectivity index (χ1v) is 10.4. The monoisotopic (exact) mass is 368 g/mol. The Bertz CT molecular complexity index is 512. The van der Waals surface area contributed by atoms with Crippen molar-refractivity contribution in [3.63, 3.8) is 0 Å². The zero-order chi connectivity index (χ0) is 18.5. The minimum Gasteiger partial charge on any atom is -0.469 e. The van der Waals surface area contributed by atoms with E-state index in [9.17, 15) is 9.18 Å². The van der Waals surface area contributed by atoms with Crippen LogP contribution in [-0.2, 0) is 19.0 Å². The molecule has 0 radical (unpaired) electrons. The maximum absolute atomic E-state index is 14.5. The molecule has 148 valence electrons. The number of fused-ring (bicyclic) bond motifs is 1. The fraction of sp³-hybridized carbons (Fsp3) is 0.857. The van der Waals surface area contributed by atoms with Crippen LogP contribution in [0.1, 0.15) is 78.1 Å². The second-order valence-electron chi connectivity index (χ2n) is 8.04. The summed E-state index contributed by atoms with van der Waals surface area (Å²) >= 11 is 0. The molecule has 4 nitrogen and oxygen atoms in total. The van der Waals surface area contributed by atoms with Gasteiger partial charge in [-0.1, -0.05) is 19.8 Å². The molecule has 5 unspecified atom stereocenters. The number of ether oxygens (including phenoxy) is 3. The van der Waals surface area contributed by atoms with Gasteiger partial charge in [0, 0.05) is 18.8 Å². The highest BCUT2D eigenvalue weighted by Gasteiger charge is 2.46. The number of alkyl halides is 1. The summed E-state index contributed by atoms with van der Waals surface area (Å²) in [5, 5.41) is 0. The van der Waals surface area contributed by atoms with E-state index in [4.69, 9.17) is 14.2 Å². The minimum absolute atomic E-state index is 0.0379. The van der Waals surface area contributed by atoms with Crippen molar-refractivity contribution < 1.29 is 23.4 Å². The lowest BCUT2D eigenvalue weighted by Crippen LogP contribution is -2.24. The van der Waals surface area contributed by atoms with Crippen LogP contribution in [0.4, 0.5) is 4.39 Å². The van der Waals surface area contributed by atoms with Gasteiger partial charge in [0.15, 0.2) is 6.29 Å². The molecule has 0 spiro atoms. The first kappa shape index (κ1) is 19.7. The number of carbonyl (C=O) groups excluding carboxylic acids is 1. The maximum Gasteiger partial charge on any atom is 0.306 e. The molecular formula is C21H33FO4. The molecule has 1 saturated carbocycles. The van der Waals surface area contributed by atoms with E-state index in [-0.39, 0.29) is 30.2 Å². The van der Waals surface area contributed by atoms with Gasteiger partial charge in [-0.25, -0.2) is 4.39 Å². The average molecular weight is 368 g/mol. The molecule has 0 aromatic heterocycles. The fourth-order valence-corrected chi connectivity index (χ4v) is 4.60. The van der Waals surface area contributed by atoms with Crippen LogP contribution in [0.15, 0.2) is 11.3 Å². The molecule has 2 saturated heterocycles. The number of allylic oxidation sites excluding steroid dienone is 2. The Labute approximate surface area is 156 Å². The molecule has 26 heavy (non-hydrogen) atoms. The Morgan fingerprint density at radius 3 is 2.88 bits per heavy atom. The van der Waals surface area contributed by atoms with E-state index in [1.165, 1.54) is 0 Å². The number of hydrogen-bond donors (Lipinski definition) is 0. The highest BCUT2D eigenvalue weighted by molar-refractivity contribution is 5.72. The molecule has 3 rings (SSSR count). The van der Waals surface area contributed by atoms with Crippen LogP contribution < -0.4 is 0 Å². The summed E-state index contributed by atoms with van der Waals surface area (Å²) in [5.74, 6) is 1.14. The number of unbranched alkanes of at least 4 members (excludes halogenated alkanes) is 1.